The van der Waals surface area contributed by atoms with Crippen molar-refractivity contribution in [2.75, 3.05) is 13.2 Å². The minimum absolute atomic E-state index is 0.00295. The van der Waals surface area contributed by atoms with E-state index in [1.807, 2.05) is 0 Å². The van der Waals surface area contributed by atoms with E-state index in [1.54, 1.807) is 6.08 Å². The fraction of sp³-hybridized carbons (Fsp3) is 0.286. The van der Waals surface area contributed by atoms with Crippen molar-refractivity contribution in [3.63, 3.8) is 0 Å². The van der Waals surface area contributed by atoms with Crippen molar-refractivity contribution in [3.8, 4) is 12.3 Å². The monoisotopic (exact) mass is 139 g/mol. The quantitative estimate of drug-likeness (QED) is 0.457. The molecule has 1 N–H and O–H groups in total. The van der Waals surface area contributed by atoms with Gasteiger partial charge in [-0.3, -0.25) is 0 Å². The van der Waals surface area contributed by atoms with Crippen molar-refractivity contribution < 1.29 is 9.53 Å². The second-order valence-electron chi connectivity index (χ2n) is 1.45. The van der Waals surface area contributed by atoms with Gasteiger partial charge in [-0.05, 0) is 0 Å². The summed E-state index contributed by atoms with van der Waals surface area (Å²) in [5.41, 5.74) is 0. The number of carbonyl (C=O) groups is 1. The van der Waals surface area contributed by atoms with Gasteiger partial charge < -0.3 is 10.1 Å². The molecule has 10 heavy (non-hydrogen) atoms. The van der Waals surface area contributed by atoms with E-state index in [0.29, 0.717) is 6.54 Å². The number of hydrogen-bond donors (Lipinski definition) is 1. The van der Waals surface area contributed by atoms with Gasteiger partial charge in [0.25, 0.3) is 0 Å². The highest BCUT2D eigenvalue weighted by Crippen LogP contribution is 1.74. The number of ether oxygens (including phenoxy) is 1. The Labute approximate surface area is 60.1 Å². The predicted molar refractivity (Wildman–Crippen MR) is 38.4 cm³/mol. The highest BCUT2D eigenvalue weighted by Gasteiger charge is 1.94. The fourth-order valence-electron chi connectivity index (χ4n) is 0.314. The first-order chi connectivity index (χ1) is 4.81. The minimum atomic E-state index is -0.516. The third kappa shape index (κ3) is 4.72. The zero-order valence-corrected chi connectivity index (χ0v) is 5.59. The zero-order chi connectivity index (χ0) is 7.82. The molecule has 0 spiro atoms. The molecule has 0 aromatic heterocycles. The maximum absolute atomic E-state index is 10.5. The molecule has 0 saturated heterocycles. The lowest BCUT2D eigenvalue weighted by molar-refractivity contribution is 0.161. The number of terminal acetylenes is 1. The van der Waals surface area contributed by atoms with E-state index in [4.69, 9.17) is 6.42 Å². The van der Waals surface area contributed by atoms with Crippen molar-refractivity contribution in [2.45, 2.75) is 0 Å². The third-order valence-electron chi connectivity index (χ3n) is 0.677. The van der Waals surface area contributed by atoms with Crippen LogP contribution in [0.1, 0.15) is 0 Å². The van der Waals surface area contributed by atoms with Crippen LogP contribution in [-0.2, 0) is 4.74 Å². The van der Waals surface area contributed by atoms with E-state index in [-0.39, 0.29) is 6.61 Å². The molecule has 3 heteroatoms. The van der Waals surface area contributed by atoms with Gasteiger partial charge in [-0.15, -0.1) is 13.0 Å². The Morgan fingerprint density at radius 1 is 1.90 bits per heavy atom. The average Bonchev–Trinajstić information content (AvgIpc) is 1.97. The molecule has 0 fully saturated rings. The number of alkyl carbamates (subject to hydrolysis) is 1. The van der Waals surface area contributed by atoms with Crippen LogP contribution in [0.3, 0.4) is 0 Å². The minimum Gasteiger partial charge on any atom is -0.436 e. The summed E-state index contributed by atoms with van der Waals surface area (Å²) in [5.74, 6) is 2.17. The van der Waals surface area contributed by atoms with Crippen LogP contribution in [-0.4, -0.2) is 19.2 Å². The van der Waals surface area contributed by atoms with Crippen LogP contribution < -0.4 is 5.32 Å². The second-order valence-corrected chi connectivity index (χ2v) is 1.45. The smallest absolute Gasteiger partial charge is 0.408 e. The average molecular weight is 139 g/mol. The Balaban J connectivity index is 3.27. The van der Waals surface area contributed by atoms with E-state index in [9.17, 15) is 4.79 Å². The summed E-state index contributed by atoms with van der Waals surface area (Å²) in [5, 5.41) is 2.39. The van der Waals surface area contributed by atoms with Gasteiger partial charge in [-0.1, -0.05) is 12.0 Å². The Kier molecular flexibility index (Phi) is 4.89. The van der Waals surface area contributed by atoms with E-state index >= 15 is 0 Å². The van der Waals surface area contributed by atoms with Gasteiger partial charge in [-0.25, -0.2) is 4.79 Å². The second kappa shape index (κ2) is 5.70. The normalized spacial score (nSPS) is 7.50. The summed E-state index contributed by atoms with van der Waals surface area (Å²) in [6, 6.07) is 0. The summed E-state index contributed by atoms with van der Waals surface area (Å²) >= 11 is 0. The maximum atomic E-state index is 10.5. The molecule has 0 aromatic rings. The van der Waals surface area contributed by atoms with Crippen LogP contribution in [0.25, 0.3) is 0 Å². The fourth-order valence-corrected chi connectivity index (χ4v) is 0.314. The standard InChI is InChI=1S/C7H9NO2/c1-3-5-8-7(9)10-6-4-2/h2-3H,1,5-6H2,(H,8,9). The first-order valence-electron chi connectivity index (χ1n) is 2.76. The summed E-state index contributed by atoms with van der Waals surface area (Å²) in [6.45, 7) is 3.80. The molecule has 0 atom stereocenters. The summed E-state index contributed by atoms with van der Waals surface area (Å²) in [6.07, 6.45) is 5.87. The Bertz CT molecular complexity index is 157. The molecule has 0 aliphatic heterocycles. The highest BCUT2D eigenvalue weighted by atomic mass is 16.5. The molecule has 0 aliphatic carbocycles. The SMILES string of the molecule is C#CCOC(=O)NCC=C. The largest absolute Gasteiger partial charge is 0.436 e. The Morgan fingerprint density at radius 2 is 2.60 bits per heavy atom. The lowest BCUT2D eigenvalue weighted by Gasteiger charge is -1.99. The molecule has 0 aliphatic rings. The van der Waals surface area contributed by atoms with E-state index in [0.717, 1.165) is 0 Å². The zero-order valence-electron chi connectivity index (χ0n) is 5.59. The van der Waals surface area contributed by atoms with E-state index < -0.39 is 6.09 Å². The number of carbonyl (C=O) groups excluding carboxylic acids is 1. The van der Waals surface area contributed by atoms with Gasteiger partial charge in [0.15, 0.2) is 6.61 Å². The van der Waals surface area contributed by atoms with Crippen LogP contribution in [0.5, 0.6) is 0 Å². The molecule has 0 heterocycles. The van der Waals surface area contributed by atoms with Gasteiger partial charge >= 0.3 is 6.09 Å². The molecular formula is C7H9NO2. The molecular weight excluding hydrogens is 130 g/mol. The highest BCUT2D eigenvalue weighted by molar-refractivity contribution is 5.67. The molecule has 0 unspecified atom stereocenters. The van der Waals surface area contributed by atoms with E-state index in [2.05, 4.69) is 22.6 Å². The molecule has 1 amide bonds. The van der Waals surface area contributed by atoms with Gasteiger partial charge in [0, 0.05) is 6.54 Å². The molecule has 0 aromatic carbocycles. The van der Waals surface area contributed by atoms with Crippen molar-refractivity contribution in [3.05, 3.63) is 12.7 Å². The summed E-state index contributed by atoms with van der Waals surface area (Å²) < 4.78 is 4.46. The third-order valence-corrected chi connectivity index (χ3v) is 0.677. The number of nitrogens with one attached hydrogen (secondary N) is 1. The van der Waals surface area contributed by atoms with Gasteiger partial charge in [0.2, 0.25) is 0 Å². The maximum Gasteiger partial charge on any atom is 0.408 e. The Hall–Kier alpha value is -1.43. The molecule has 0 radical (unpaired) electrons. The van der Waals surface area contributed by atoms with Crippen molar-refractivity contribution in [1.29, 1.82) is 0 Å². The van der Waals surface area contributed by atoms with Crippen LogP contribution in [0.2, 0.25) is 0 Å². The first-order valence-corrected chi connectivity index (χ1v) is 2.76. The van der Waals surface area contributed by atoms with Crippen molar-refractivity contribution >= 4 is 6.09 Å². The summed E-state index contributed by atoms with van der Waals surface area (Å²) in [4.78, 5) is 10.5. The molecule has 0 rings (SSSR count). The number of rotatable bonds is 3. The van der Waals surface area contributed by atoms with Gasteiger partial charge in [-0.2, -0.15) is 0 Å². The molecule has 0 saturated carbocycles. The summed E-state index contributed by atoms with van der Waals surface area (Å²) in [7, 11) is 0. The lowest BCUT2D eigenvalue weighted by atomic mass is 10.6. The number of amides is 1. The lowest BCUT2D eigenvalue weighted by Crippen LogP contribution is -2.24. The van der Waals surface area contributed by atoms with Gasteiger partial charge in [0.1, 0.15) is 0 Å². The van der Waals surface area contributed by atoms with Crippen LogP contribution in [0.4, 0.5) is 4.79 Å². The number of hydrogen-bond acceptors (Lipinski definition) is 2. The van der Waals surface area contributed by atoms with Crippen LogP contribution in [0.15, 0.2) is 12.7 Å². The topological polar surface area (TPSA) is 38.3 Å². The van der Waals surface area contributed by atoms with Crippen molar-refractivity contribution in [1.82, 2.24) is 5.32 Å². The predicted octanol–water partition coefficient (Wildman–Crippen LogP) is 0.532. The Morgan fingerprint density at radius 3 is 3.10 bits per heavy atom. The van der Waals surface area contributed by atoms with Crippen LogP contribution >= 0.6 is 0 Å². The van der Waals surface area contributed by atoms with Crippen molar-refractivity contribution in [2.24, 2.45) is 0 Å². The van der Waals surface area contributed by atoms with E-state index in [1.165, 1.54) is 0 Å². The molecule has 3 nitrogen and oxygen atoms in total. The van der Waals surface area contributed by atoms with Crippen LogP contribution in [0, 0.1) is 12.3 Å². The molecule has 0 bridgehead atoms. The first kappa shape index (κ1) is 8.57. The molecule has 54 valence electrons. The van der Waals surface area contributed by atoms with Gasteiger partial charge in [0.05, 0.1) is 0 Å².